The number of alkyl halides is 3. The van der Waals surface area contributed by atoms with E-state index in [0.717, 1.165) is 79.4 Å². The third-order valence-electron chi connectivity index (χ3n) is 6.89. The van der Waals surface area contributed by atoms with Crippen molar-refractivity contribution in [3.8, 4) is 0 Å². The quantitative estimate of drug-likeness (QED) is 0.403. The average Bonchev–Trinajstić information content (AvgIpc) is 3.48. The molecule has 2 saturated heterocycles. The predicted molar refractivity (Wildman–Crippen MR) is 130 cm³/mol. The lowest BCUT2D eigenvalue weighted by Gasteiger charge is -2.25. The Morgan fingerprint density at radius 2 is 1.97 bits per heavy atom. The van der Waals surface area contributed by atoms with E-state index < -0.39 is 12.6 Å². The topological polar surface area (TPSA) is 70.6 Å². The fraction of sp³-hybridized carbons (Fsp3) is 0.458. The lowest BCUT2D eigenvalue weighted by atomic mass is 9.86. The van der Waals surface area contributed by atoms with E-state index >= 15 is 0 Å². The van der Waals surface area contributed by atoms with Crippen molar-refractivity contribution < 1.29 is 13.2 Å². The summed E-state index contributed by atoms with van der Waals surface area (Å²) in [6, 6.07) is 7.74. The van der Waals surface area contributed by atoms with E-state index in [-0.39, 0.29) is 10.3 Å². The molecule has 180 valence electrons. The molecule has 2 fully saturated rings. The zero-order valence-electron chi connectivity index (χ0n) is 18.8. The van der Waals surface area contributed by atoms with Gasteiger partial charge >= 0.3 is 6.18 Å². The molecule has 3 aromatic rings. The molecule has 1 unspecified atom stereocenters. The van der Waals surface area contributed by atoms with E-state index in [2.05, 4.69) is 43.6 Å². The summed E-state index contributed by atoms with van der Waals surface area (Å²) in [6.07, 6.45) is -1.55. The van der Waals surface area contributed by atoms with Crippen LogP contribution in [-0.4, -0.2) is 53.9 Å². The number of likely N-dealkylation sites (tertiary alicyclic amines) is 1. The van der Waals surface area contributed by atoms with E-state index in [1.165, 1.54) is 11.9 Å². The molecule has 2 aliphatic rings. The van der Waals surface area contributed by atoms with Gasteiger partial charge in [-0.05, 0) is 49.4 Å². The predicted octanol–water partition coefficient (Wildman–Crippen LogP) is 4.68. The molecule has 0 amide bonds. The number of hydrogen-bond donors (Lipinski definition) is 1. The van der Waals surface area contributed by atoms with Crippen molar-refractivity contribution in [3.63, 3.8) is 0 Å². The second-order valence-corrected chi connectivity index (χ2v) is 10.6. The van der Waals surface area contributed by atoms with Crippen LogP contribution in [0.3, 0.4) is 0 Å². The van der Waals surface area contributed by atoms with Crippen LogP contribution in [-0.2, 0) is 19.5 Å². The zero-order valence-corrected chi connectivity index (χ0v) is 19.6. The zero-order chi connectivity index (χ0) is 23.9. The van der Waals surface area contributed by atoms with Crippen molar-refractivity contribution in [1.82, 2.24) is 14.9 Å². The lowest BCUT2D eigenvalue weighted by Crippen LogP contribution is -2.31. The molecule has 34 heavy (non-hydrogen) atoms. The van der Waals surface area contributed by atoms with Crippen LogP contribution in [0, 0.1) is 5.41 Å². The number of rotatable bonds is 6. The largest absolute Gasteiger partial charge is 0.398 e. The molecule has 4 heterocycles. The van der Waals surface area contributed by atoms with Crippen LogP contribution < -0.4 is 10.6 Å². The first-order valence-corrected chi connectivity index (χ1v) is 12.1. The molecule has 2 aliphatic heterocycles. The van der Waals surface area contributed by atoms with Gasteiger partial charge < -0.3 is 10.6 Å². The Kier molecular flexibility index (Phi) is 5.97. The highest BCUT2D eigenvalue weighted by atomic mass is 32.1. The van der Waals surface area contributed by atoms with Crippen LogP contribution in [0.25, 0.3) is 10.2 Å². The van der Waals surface area contributed by atoms with Gasteiger partial charge in [0, 0.05) is 42.2 Å². The molecule has 0 saturated carbocycles. The van der Waals surface area contributed by atoms with Crippen LogP contribution in [0.15, 0.2) is 35.6 Å². The van der Waals surface area contributed by atoms with Gasteiger partial charge in [0.1, 0.15) is 17.0 Å². The number of halogens is 3. The number of nitrogen functional groups attached to an aromatic ring is 1. The first-order chi connectivity index (χ1) is 16.2. The summed E-state index contributed by atoms with van der Waals surface area (Å²) in [5.41, 5.74) is 9.17. The minimum Gasteiger partial charge on any atom is -0.398 e. The van der Waals surface area contributed by atoms with Crippen LogP contribution >= 0.6 is 11.3 Å². The van der Waals surface area contributed by atoms with Crippen LogP contribution in [0.2, 0.25) is 0 Å². The number of fused-ring (bicyclic) bond motifs is 1. The third kappa shape index (κ3) is 4.74. The maximum Gasteiger partial charge on any atom is 0.393 e. The fourth-order valence-corrected chi connectivity index (χ4v) is 6.34. The first-order valence-electron chi connectivity index (χ1n) is 11.3. The number of thiophene rings is 1. The lowest BCUT2D eigenvalue weighted by molar-refractivity contribution is -0.126. The molecule has 0 bridgehead atoms. The Hall–Kier alpha value is -2.72. The first kappa shape index (κ1) is 23.0. The SMILES string of the molecule is C=NCc1cc(CN2CCC3(CCN(c4ncnc5sc(CC(F)(F)F)cc45)C3)C2)ccc1N. The van der Waals surface area contributed by atoms with Gasteiger partial charge in [0.05, 0.1) is 18.4 Å². The molecule has 2 N–H and O–H groups in total. The molecule has 0 radical (unpaired) electrons. The van der Waals surface area contributed by atoms with Gasteiger partial charge in [0.15, 0.2) is 0 Å². The number of anilines is 2. The van der Waals surface area contributed by atoms with Gasteiger partial charge in [-0.3, -0.25) is 9.89 Å². The number of benzene rings is 1. The monoisotopic (exact) mass is 488 g/mol. The van der Waals surface area contributed by atoms with Crippen molar-refractivity contribution >= 4 is 39.8 Å². The number of aliphatic imine (C=N–C) groups is 1. The molecule has 10 heteroatoms. The van der Waals surface area contributed by atoms with Crippen LogP contribution in [0.5, 0.6) is 0 Å². The minimum absolute atomic E-state index is 0.168. The van der Waals surface area contributed by atoms with E-state index in [0.29, 0.717) is 11.4 Å². The normalized spacial score (nSPS) is 21.2. The summed E-state index contributed by atoms with van der Waals surface area (Å²) < 4.78 is 38.7. The molecular weight excluding hydrogens is 461 g/mol. The Morgan fingerprint density at radius 3 is 2.76 bits per heavy atom. The second kappa shape index (κ2) is 8.81. The number of aromatic nitrogens is 2. The molecular formula is C24H27F3N6S. The third-order valence-corrected chi connectivity index (χ3v) is 7.93. The molecule has 1 atom stereocenters. The Morgan fingerprint density at radius 1 is 1.15 bits per heavy atom. The fourth-order valence-electron chi connectivity index (χ4n) is 5.31. The molecule has 1 spiro atoms. The summed E-state index contributed by atoms with van der Waals surface area (Å²) in [5, 5.41) is 0.726. The molecule has 2 aromatic heterocycles. The van der Waals surface area contributed by atoms with E-state index in [4.69, 9.17) is 5.73 Å². The Balaban J connectivity index is 1.28. The maximum absolute atomic E-state index is 12.9. The molecule has 6 nitrogen and oxygen atoms in total. The summed E-state index contributed by atoms with van der Waals surface area (Å²) in [4.78, 5) is 18.3. The second-order valence-electron chi connectivity index (χ2n) is 9.47. The standard InChI is InChI=1S/C24H27F3N6S/c1-29-11-17-8-16(2-3-20(17)28)12-32-6-4-23(13-32)5-7-33(14-23)21-19-9-18(10-24(25,26)27)34-22(19)31-15-30-21/h2-3,8-9,15H,1,4-7,10-14,28H2. The maximum atomic E-state index is 12.9. The average molecular weight is 489 g/mol. The summed E-state index contributed by atoms with van der Waals surface area (Å²) in [6.45, 7) is 8.64. The smallest absolute Gasteiger partial charge is 0.393 e. The van der Waals surface area contributed by atoms with Crippen LogP contribution in [0.1, 0.15) is 28.8 Å². The number of nitrogens with zero attached hydrogens (tertiary/aromatic N) is 5. The van der Waals surface area contributed by atoms with Crippen molar-refractivity contribution in [2.45, 2.75) is 38.5 Å². The van der Waals surface area contributed by atoms with Gasteiger partial charge in [-0.15, -0.1) is 11.3 Å². The summed E-state index contributed by atoms with van der Waals surface area (Å²) in [5.74, 6) is 0.755. The van der Waals surface area contributed by atoms with E-state index in [1.807, 2.05) is 6.07 Å². The Labute approximate surface area is 200 Å². The highest BCUT2D eigenvalue weighted by Crippen LogP contribution is 2.43. The van der Waals surface area contributed by atoms with Crippen molar-refractivity contribution in [2.75, 3.05) is 36.8 Å². The molecule has 0 aliphatic carbocycles. The van der Waals surface area contributed by atoms with Crippen molar-refractivity contribution in [1.29, 1.82) is 0 Å². The molecule has 5 rings (SSSR count). The van der Waals surface area contributed by atoms with Gasteiger partial charge in [0.25, 0.3) is 0 Å². The van der Waals surface area contributed by atoms with Crippen molar-refractivity contribution in [3.05, 3.63) is 46.6 Å². The van der Waals surface area contributed by atoms with E-state index in [9.17, 15) is 13.2 Å². The number of nitrogens with two attached hydrogens (primary N) is 1. The number of hydrogen-bond acceptors (Lipinski definition) is 7. The van der Waals surface area contributed by atoms with Gasteiger partial charge in [0.2, 0.25) is 0 Å². The minimum atomic E-state index is -4.23. The van der Waals surface area contributed by atoms with Gasteiger partial charge in [-0.1, -0.05) is 12.1 Å². The van der Waals surface area contributed by atoms with E-state index in [1.54, 1.807) is 6.07 Å². The summed E-state index contributed by atoms with van der Waals surface area (Å²) >= 11 is 1.10. The molecule has 1 aromatic carbocycles. The van der Waals surface area contributed by atoms with Crippen molar-refractivity contribution in [2.24, 2.45) is 10.4 Å². The highest BCUT2D eigenvalue weighted by Gasteiger charge is 2.44. The van der Waals surface area contributed by atoms with Gasteiger partial charge in [-0.2, -0.15) is 13.2 Å². The summed E-state index contributed by atoms with van der Waals surface area (Å²) in [7, 11) is 0. The highest BCUT2D eigenvalue weighted by molar-refractivity contribution is 7.18. The van der Waals surface area contributed by atoms with Crippen LogP contribution in [0.4, 0.5) is 24.7 Å². The van der Waals surface area contributed by atoms with Gasteiger partial charge in [-0.25, -0.2) is 9.97 Å². The Bertz CT molecular complexity index is 1210.